The standard InChI is InChI=1S/C10H13ClN2/c11-9-4-2-1-3-8(9)10(13-12)7-5-6-7/h1-4,7,10,13H,5-6,12H2. The minimum Gasteiger partial charge on any atom is -0.271 e. The molecule has 0 radical (unpaired) electrons. The molecule has 1 unspecified atom stereocenters. The molecule has 0 spiro atoms. The van der Waals surface area contributed by atoms with E-state index in [2.05, 4.69) is 5.43 Å². The number of hydrazine groups is 1. The summed E-state index contributed by atoms with van der Waals surface area (Å²) in [6.07, 6.45) is 2.50. The summed E-state index contributed by atoms with van der Waals surface area (Å²) in [5.74, 6) is 6.18. The van der Waals surface area contributed by atoms with Gasteiger partial charge in [0.2, 0.25) is 0 Å². The maximum Gasteiger partial charge on any atom is 0.0502 e. The third kappa shape index (κ3) is 1.85. The molecule has 2 rings (SSSR count). The molecule has 0 amide bonds. The SMILES string of the molecule is NNC(c1ccccc1Cl)C1CC1. The Morgan fingerprint density at radius 1 is 1.38 bits per heavy atom. The Hall–Kier alpha value is -0.570. The van der Waals surface area contributed by atoms with Gasteiger partial charge in [0.1, 0.15) is 0 Å². The highest BCUT2D eigenvalue weighted by molar-refractivity contribution is 6.31. The van der Waals surface area contributed by atoms with Crippen molar-refractivity contribution in [3.8, 4) is 0 Å². The van der Waals surface area contributed by atoms with Gasteiger partial charge in [-0.2, -0.15) is 0 Å². The molecule has 13 heavy (non-hydrogen) atoms. The maximum atomic E-state index is 6.07. The lowest BCUT2D eigenvalue weighted by atomic mass is 10.0. The molecule has 1 saturated carbocycles. The minimum absolute atomic E-state index is 0.230. The van der Waals surface area contributed by atoms with Crippen LogP contribution in [0.15, 0.2) is 24.3 Å². The van der Waals surface area contributed by atoms with Crippen molar-refractivity contribution in [1.29, 1.82) is 0 Å². The van der Waals surface area contributed by atoms with Crippen LogP contribution < -0.4 is 11.3 Å². The van der Waals surface area contributed by atoms with Gasteiger partial charge < -0.3 is 0 Å². The van der Waals surface area contributed by atoms with Crippen LogP contribution >= 0.6 is 11.6 Å². The van der Waals surface area contributed by atoms with Crippen molar-refractivity contribution < 1.29 is 0 Å². The van der Waals surface area contributed by atoms with Crippen molar-refractivity contribution in [1.82, 2.24) is 5.43 Å². The number of nitrogens with two attached hydrogens (primary N) is 1. The van der Waals surface area contributed by atoms with Gasteiger partial charge in [-0.15, -0.1) is 0 Å². The summed E-state index contributed by atoms with van der Waals surface area (Å²) in [4.78, 5) is 0. The maximum absolute atomic E-state index is 6.07. The average molecular weight is 197 g/mol. The van der Waals surface area contributed by atoms with Crippen molar-refractivity contribution in [2.24, 2.45) is 11.8 Å². The number of halogens is 1. The summed E-state index contributed by atoms with van der Waals surface area (Å²) in [6, 6.07) is 8.10. The number of hydrogen-bond acceptors (Lipinski definition) is 2. The Morgan fingerprint density at radius 2 is 2.08 bits per heavy atom. The van der Waals surface area contributed by atoms with E-state index in [4.69, 9.17) is 17.4 Å². The zero-order chi connectivity index (χ0) is 9.26. The molecule has 1 aliphatic carbocycles. The molecule has 1 atom stereocenters. The number of hydrogen-bond donors (Lipinski definition) is 2. The molecule has 1 aromatic carbocycles. The second kappa shape index (κ2) is 3.66. The second-order valence-corrected chi connectivity index (χ2v) is 3.91. The minimum atomic E-state index is 0.230. The van der Waals surface area contributed by atoms with Gasteiger partial charge in [0.15, 0.2) is 0 Å². The van der Waals surface area contributed by atoms with Crippen LogP contribution in [0, 0.1) is 5.92 Å². The normalized spacial score (nSPS) is 18.6. The third-order valence-corrected chi connectivity index (χ3v) is 2.86. The quantitative estimate of drug-likeness (QED) is 0.575. The first-order valence-electron chi connectivity index (χ1n) is 4.53. The van der Waals surface area contributed by atoms with E-state index in [9.17, 15) is 0 Å². The Labute approximate surface area is 83.0 Å². The number of rotatable bonds is 3. The van der Waals surface area contributed by atoms with E-state index >= 15 is 0 Å². The zero-order valence-electron chi connectivity index (χ0n) is 7.33. The first-order valence-corrected chi connectivity index (χ1v) is 4.91. The van der Waals surface area contributed by atoms with Crippen LogP contribution in [0.3, 0.4) is 0 Å². The average Bonchev–Trinajstić information content (AvgIpc) is 2.93. The van der Waals surface area contributed by atoms with E-state index in [1.54, 1.807) is 0 Å². The van der Waals surface area contributed by atoms with E-state index in [1.807, 2.05) is 24.3 Å². The Balaban J connectivity index is 2.26. The van der Waals surface area contributed by atoms with Crippen LogP contribution in [0.2, 0.25) is 5.02 Å². The smallest absolute Gasteiger partial charge is 0.0502 e. The Bertz CT molecular complexity index is 297. The van der Waals surface area contributed by atoms with Gasteiger partial charge in [-0.25, -0.2) is 0 Å². The van der Waals surface area contributed by atoms with E-state index in [1.165, 1.54) is 12.8 Å². The topological polar surface area (TPSA) is 38.0 Å². The molecule has 1 aliphatic rings. The van der Waals surface area contributed by atoms with E-state index in [0.29, 0.717) is 5.92 Å². The molecule has 0 saturated heterocycles. The summed E-state index contributed by atoms with van der Waals surface area (Å²) in [5.41, 5.74) is 3.96. The summed E-state index contributed by atoms with van der Waals surface area (Å²) >= 11 is 6.07. The van der Waals surface area contributed by atoms with E-state index in [0.717, 1.165) is 10.6 Å². The first kappa shape index (κ1) is 9.00. The highest BCUT2D eigenvalue weighted by Crippen LogP contribution is 2.42. The molecule has 1 aromatic rings. The van der Waals surface area contributed by atoms with Crippen LogP contribution in [0.25, 0.3) is 0 Å². The fraction of sp³-hybridized carbons (Fsp3) is 0.400. The summed E-state index contributed by atoms with van der Waals surface area (Å²) in [6.45, 7) is 0. The molecule has 3 heteroatoms. The van der Waals surface area contributed by atoms with Crippen LogP contribution in [-0.2, 0) is 0 Å². The predicted octanol–water partition coefficient (Wildman–Crippen LogP) is 2.25. The highest BCUT2D eigenvalue weighted by Gasteiger charge is 2.32. The van der Waals surface area contributed by atoms with Crippen molar-refractivity contribution in [3.63, 3.8) is 0 Å². The Kier molecular flexibility index (Phi) is 2.54. The molecule has 2 nitrogen and oxygen atoms in total. The van der Waals surface area contributed by atoms with Gasteiger partial charge in [-0.05, 0) is 30.4 Å². The van der Waals surface area contributed by atoms with Gasteiger partial charge in [0, 0.05) is 5.02 Å². The van der Waals surface area contributed by atoms with Crippen molar-refractivity contribution in [2.45, 2.75) is 18.9 Å². The summed E-state index contributed by atoms with van der Waals surface area (Å²) in [5, 5.41) is 0.803. The second-order valence-electron chi connectivity index (χ2n) is 3.50. The van der Waals surface area contributed by atoms with Crippen molar-refractivity contribution >= 4 is 11.6 Å². The molecule has 0 aliphatic heterocycles. The molecular weight excluding hydrogens is 184 g/mol. The summed E-state index contributed by atoms with van der Waals surface area (Å²) in [7, 11) is 0. The van der Waals surface area contributed by atoms with Gasteiger partial charge in [0.25, 0.3) is 0 Å². The molecule has 0 bridgehead atoms. The fourth-order valence-electron chi connectivity index (χ4n) is 1.64. The van der Waals surface area contributed by atoms with Crippen LogP contribution in [0.4, 0.5) is 0 Å². The largest absolute Gasteiger partial charge is 0.271 e. The molecular formula is C10H13ClN2. The number of benzene rings is 1. The fourth-order valence-corrected chi connectivity index (χ4v) is 1.89. The van der Waals surface area contributed by atoms with Crippen LogP contribution in [0.5, 0.6) is 0 Å². The number of nitrogens with one attached hydrogen (secondary N) is 1. The lowest BCUT2D eigenvalue weighted by Gasteiger charge is -2.16. The van der Waals surface area contributed by atoms with Crippen LogP contribution in [-0.4, -0.2) is 0 Å². The molecule has 1 fully saturated rings. The van der Waals surface area contributed by atoms with Gasteiger partial charge in [-0.1, -0.05) is 29.8 Å². The van der Waals surface area contributed by atoms with E-state index in [-0.39, 0.29) is 6.04 Å². The van der Waals surface area contributed by atoms with E-state index < -0.39 is 0 Å². The third-order valence-electron chi connectivity index (χ3n) is 2.51. The predicted molar refractivity (Wildman–Crippen MR) is 54.2 cm³/mol. The lowest BCUT2D eigenvalue weighted by Crippen LogP contribution is -2.29. The zero-order valence-corrected chi connectivity index (χ0v) is 8.09. The molecule has 0 heterocycles. The molecule has 0 aromatic heterocycles. The van der Waals surface area contributed by atoms with Crippen LogP contribution in [0.1, 0.15) is 24.4 Å². The highest BCUT2D eigenvalue weighted by atomic mass is 35.5. The van der Waals surface area contributed by atoms with Crippen molar-refractivity contribution in [3.05, 3.63) is 34.9 Å². The Morgan fingerprint density at radius 3 is 2.62 bits per heavy atom. The molecule has 3 N–H and O–H groups in total. The van der Waals surface area contributed by atoms with Gasteiger partial charge in [0.05, 0.1) is 6.04 Å². The lowest BCUT2D eigenvalue weighted by molar-refractivity contribution is 0.497. The van der Waals surface area contributed by atoms with Gasteiger partial charge in [-0.3, -0.25) is 11.3 Å². The summed E-state index contributed by atoms with van der Waals surface area (Å²) < 4.78 is 0. The van der Waals surface area contributed by atoms with Gasteiger partial charge >= 0.3 is 0 Å². The first-order chi connectivity index (χ1) is 6.33. The van der Waals surface area contributed by atoms with Crippen molar-refractivity contribution in [2.75, 3.05) is 0 Å². The molecule has 70 valence electrons. The monoisotopic (exact) mass is 196 g/mol.